The molecular weight excluding hydrogens is 184 g/mol. The van der Waals surface area contributed by atoms with Crippen molar-refractivity contribution >= 4 is 11.6 Å². The van der Waals surface area contributed by atoms with Gasteiger partial charge in [0.2, 0.25) is 0 Å². The first-order valence-electron chi connectivity index (χ1n) is 4.45. The Bertz CT molecular complexity index is 310. The summed E-state index contributed by atoms with van der Waals surface area (Å²) in [6.07, 6.45) is 0.879. The van der Waals surface area contributed by atoms with Gasteiger partial charge in [-0.3, -0.25) is 0 Å². The van der Waals surface area contributed by atoms with Gasteiger partial charge in [0, 0.05) is 17.3 Å². The van der Waals surface area contributed by atoms with E-state index in [1.54, 1.807) is 0 Å². The zero-order valence-electron chi connectivity index (χ0n) is 8.26. The number of aromatic nitrogens is 1. The molecule has 72 valence electrons. The Labute approximate surface area is 84.1 Å². The molecule has 3 heteroatoms. The van der Waals surface area contributed by atoms with Crippen molar-refractivity contribution < 1.29 is 0 Å². The summed E-state index contributed by atoms with van der Waals surface area (Å²) in [5.41, 5.74) is 8.95. The fourth-order valence-electron chi connectivity index (χ4n) is 1.18. The summed E-state index contributed by atoms with van der Waals surface area (Å²) in [7, 11) is 0. The van der Waals surface area contributed by atoms with E-state index < -0.39 is 0 Å². The first-order valence-corrected chi connectivity index (χ1v) is 4.83. The molecule has 0 fully saturated rings. The lowest BCUT2D eigenvalue weighted by molar-refractivity contribution is 0.694. The van der Waals surface area contributed by atoms with Gasteiger partial charge in [0.15, 0.2) is 0 Å². The number of rotatable bonds is 2. The van der Waals surface area contributed by atoms with Crippen LogP contribution in [0, 0.1) is 13.8 Å². The molecule has 1 atom stereocenters. The monoisotopic (exact) mass is 198 g/mol. The van der Waals surface area contributed by atoms with E-state index in [2.05, 4.69) is 4.98 Å². The Morgan fingerprint density at radius 1 is 1.54 bits per heavy atom. The molecule has 1 aromatic heterocycles. The Morgan fingerprint density at radius 3 is 2.69 bits per heavy atom. The number of nitrogens with two attached hydrogens (primary N) is 1. The van der Waals surface area contributed by atoms with Crippen LogP contribution in [0.1, 0.15) is 36.2 Å². The van der Waals surface area contributed by atoms with Crippen LogP contribution in [0.4, 0.5) is 0 Å². The van der Waals surface area contributed by atoms with Crippen LogP contribution < -0.4 is 5.73 Å². The highest BCUT2D eigenvalue weighted by atomic mass is 35.5. The zero-order valence-corrected chi connectivity index (χ0v) is 9.02. The van der Waals surface area contributed by atoms with Crippen molar-refractivity contribution in [2.45, 2.75) is 33.2 Å². The molecule has 1 aromatic rings. The molecule has 0 saturated heterocycles. The van der Waals surface area contributed by atoms with Crippen LogP contribution in [-0.2, 0) is 0 Å². The number of nitrogens with zero attached hydrogens (tertiary/aromatic N) is 1. The zero-order chi connectivity index (χ0) is 10.0. The van der Waals surface area contributed by atoms with Crippen LogP contribution in [0.25, 0.3) is 0 Å². The standard InChI is InChI=1S/C10H15ClN2/c1-4-9(12)8-5-6(2)7(3)13-10(8)11/h5,9H,4,12H2,1-3H3/t9-/m1/s1. The lowest BCUT2D eigenvalue weighted by Crippen LogP contribution is -2.10. The second-order valence-electron chi connectivity index (χ2n) is 3.29. The highest BCUT2D eigenvalue weighted by molar-refractivity contribution is 6.30. The van der Waals surface area contributed by atoms with Crippen molar-refractivity contribution in [3.63, 3.8) is 0 Å². The van der Waals surface area contributed by atoms with Crippen molar-refractivity contribution in [2.24, 2.45) is 5.73 Å². The second-order valence-corrected chi connectivity index (χ2v) is 3.64. The van der Waals surface area contributed by atoms with Crippen molar-refractivity contribution in [3.05, 3.63) is 28.0 Å². The molecule has 0 aliphatic heterocycles. The minimum absolute atomic E-state index is 0.000648. The molecule has 0 bridgehead atoms. The van der Waals surface area contributed by atoms with Gasteiger partial charge in [0.05, 0.1) is 0 Å². The van der Waals surface area contributed by atoms with Crippen LogP contribution in [0.5, 0.6) is 0 Å². The molecule has 2 nitrogen and oxygen atoms in total. The fourth-order valence-corrected chi connectivity index (χ4v) is 1.50. The fraction of sp³-hybridized carbons (Fsp3) is 0.500. The smallest absolute Gasteiger partial charge is 0.134 e. The van der Waals surface area contributed by atoms with Gasteiger partial charge in [0.1, 0.15) is 5.15 Å². The van der Waals surface area contributed by atoms with Crippen LogP contribution in [0.15, 0.2) is 6.07 Å². The topological polar surface area (TPSA) is 38.9 Å². The maximum absolute atomic E-state index is 5.98. The van der Waals surface area contributed by atoms with Crippen molar-refractivity contribution in [2.75, 3.05) is 0 Å². The summed E-state index contributed by atoms with van der Waals surface area (Å²) in [5.74, 6) is 0. The first kappa shape index (κ1) is 10.5. The quantitative estimate of drug-likeness (QED) is 0.743. The van der Waals surface area contributed by atoms with E-state index in [0.717, 1.165) is 23.2 Å². The van der Waals surface area contributed by atoms with Gasteiger partial charge in [-0.05, 0) is 31.9 Å². The molecule has 0 aromatic carbocycles. The minimum atomic E-state index is -0.000648. The van der Waals surface area contributed by atoms with E-state index in [1.807, 2.05) is 26.8 Å². The van der Waals surface area contributed by atoms with E-state index in [4.69, 9.17) is 17.3 Å². The Balaban J connectivity index is 3.15. The molecule has 0 unspecified atom stereocenters. The van der Waals surface area contributed by atoms with E-state index in [0.29, 0.717) is 5.15 Å². The third-order valence-electron chi connectivity index (χ3n) is 2.29. The molecule has 1 rings (SSSR count). The summed E-state index contributed by atoms with van der Waals surface area (Å²) in [6, 6.07) is 2.03. The summed E-state index contributed by atoms with van der Waals surface area (Å²) < 4.78 is 0. The summed E-state index contributed by atoms with van der Waals surface area (Å²) in [4.78, 5) is 4.23. The lowest BCUT2D eigenvalue weighted by atomic mass is 10.0. The molecule has 13 heavy (non-hydrogen) atoms. The molecule has 2 N–H and O–H groups in total. The third-order valence-corrected chi connectivity index (χ3v) is 2.59. The van der Waals surface area contributed by atoms with Gasteiger partial charge >= 0.3 is 0 Å². The number of aryl methyl sites for hydroxylation is 2. The van der Waals surface area contributed by atoms with Crippen LogP contribution in [-0.4, -0.2) is 4.98 Å². The van der Waals surface area contributed by atoms with Gasteiger partial charge < -0.3 is 5.73 Å². The predicted octanol–water partition coefficient (Wildman–Crippen LogP) is 2.76. The minimum Gasteiger partial charge on any atom is -0.324 e. The van der Waals surface area contributed by atoms with Crippen molar-refractivity contribution in [1.29, 1.82) is 0 Å². The summed E-state index contributed by atoms with van der Waals surface area (Å²) in [5, 5.41) is 0.539. The SMILES string of the molecule is CC[C@@H](N)c1cc(C)c(C)nc1Cl. The molecule has 0 spiro atoms. The molecule has 0 aliphatic carbocycles. The molecule has 1 heterocycles. The maximum atomic E-state index is 5.98. The Hall–Kier alpha value is -0.600. The van der Waals surface area contributed by atoms with E-state index in [-0.39, 0.29) is 6.04 Å². The summed E-state index contributed by atoms with van der Waals surface area (Å²) >= 11 is 5.98. The number of hydrogen-bond acceptors (Lipinski definition) is 2. The van der Waals surface area contributed by atoms with Gasteiger partial charge in [-0.15, -0.1) is 0 Å². The maximum Gasteiger partial charge on any atom is 0.134 e. The number of pyridine rings is 1. The first-order chi connectivity index (χ1) is 6.06. The largest absolute Gasteiger partial charge is 0.324 e. The van der Waals surface area contributed by atoms with Gasteiger partial charge in [-0.1, -0.05) is 18.5 Å². The lowest BCUT2D eigenvalue weighted by Gasteiger charge is -2.12. The average molecular weight is 199 g/mol. The van der Waals surface area contributed by atoms with Gasteiger partial charge in [-0.2, -0.15) is 0 Å². The Morgan fingerprint density at radius 2 is 2.15 bits per heavy atom. The van der Waals surface area contributed by atoms with Crippen molar-refractivity contribution in [1.82, 2.24) is 4.98 Å². The summed E-state index contributed by atoms with van der Waals surface area (Å²) in [6.45, 7) is 6.00. The van der Waals surface area contributed by atoms with E-state index in [1.165, 1.54) is 0 Å². The van der Waals surface area contributed by atoms with Crippen LogP contribution >= 0.6 is 11.6 Å². The van der Waals surface area contributed by atoms with E-state index >= 15 is 0 Å². The molecular formula is C10H15ClN2. The van der Waals surface area contributed by atoms with Crippen LogP contribution in [0.3, 0.4) is 0 Å². The molecule has 0 amide bonds. The third kappa shape index (κ3) is 2.20. The Kier molecular flexibility index (Phi) is 3.28. The van der Waals surface area contributed by atoms with E-state index in [9.17, 15) is 0 Å². The average Bonchev–Trinajstić information content (AvgIpc) is 2.10. The number of hydrogen-bond donors (Lipinski definition) is 1. The van der Waals surface area contributed by atoms with Gasteiger partial charge in [-0.25, -0.2) is 4.98 Å². The number of halogens is 1. The highest BCUT2D eigenvalue weighted by Crippen LogP contribution is 2.23. The molecule has 0 radical (unpaired) electrons. The van der Waals surface area contributed by atoms with Gasteiger partial charge in [0.25, 0.3) is 0 Å². The van der Waals surface area contributed by atoms with Crippen LogP contribution in [0.2, 0.25) is 5.15 Å². The molecule has 0 saturated carbocycles. The van der Waals surface area contributed by atoms with Crippen molar-refractivity contribution in [3.8, 4) is 0 Å². The normalized spacial score (nSPS) is 13.0. The highest BCUT2D eigenvalue weighted by Gasteiger charge is 2.10. The predicted molar refractivity (Wildman–Crippen MR) is 55.9 cm³/mol. The second kappa shape index (κ2) is 4.07. The molecule has 0 aliphatic rings.